The fourth-order valence-corrected chi connectivity index (χ4v) is 2.18. The summed E-state index contributed by atoms with van der Waals surface area (Å²) in [6, 6.07) is 7.97. The highest BCUT2D eigenvalue weighted by Gasteiger charge is 2.08. The Labute approximate surface area is 111 Å². The summed E-state index contributed by atoms with van der Waals surface area (Å²) >= 11 is 0. The van der Waals surface area contributed by atoms with Gasteiger partial charge < -0.3 is 10.6 Å². The van der Waals surface area contributed by atoms with Crippen LogP contribution in [0.1, 0.15) is 5.56 Å². The van der Waals surface area contributed by atoms with E-state index in [1.165, 1.54) is 5.56 Å². The van der Waals surface area contributed by atoms with E-state index in [1.807, 2.05) is 31.3 Å². The number of fused-ring (bicyclic) bond motifs is 1. The van der Waals surface area contributed by atoms with E-state index in [-0.39, 0.29) is 0 Å². The Bertz CT molecular complexity index is 689. The normalized spacial score (nSPS) is 10.8. The second-order valence-electron chi connectivity index (χ2n) is 4.58. The summed E-state index contributed by atoms with van der Waals surface area (Å²) < 4.78 is 0. The molecular weight excluding hydrogens is 238 g/mol. The molecule has 0 aliphatic rings. The van der Waals surface area contributed by atoms with Gasteiger partial charge in [0.05, 0.1) is 23.1 Å². The summed E-state index contributed by atoms with van der Waals surface area (Å²) in [5.41, 5.74) is 10.0. The van der Waals surface area contributed by atoms with Gasteiger partial charge in [-0.2, -0.15) is 5.10 Å². The van der Waals surface area contributed by atoms with Crippen molar-refractivity contribution in [2.24, 2.45) is 0 Å². The Morgan fingerprint density at radius 3 is 2.84 bits per heavy atom. The predicted octanol–water partition coefficient (Wildman–Crippen LogP) is 2.18. The maximum Gasteiger partial charge on any atom is 0.0672 e. The second-order valence-corrected chi connectivity index (χ2v) is 4.58. The fourth-order valence-electron chi connectivity index (χ4n) is 2.18. The molecule has 0 amide bonds. The second kappa shape index (κ2) is 4.61. The number of H-pyrrole nitrogens is 1. The first-order chi connectivity index (χ1) is 9.24. The van der Waals surface area contributed by atoms with Crippen LogP contribution in [0.15, 0.2) is 42.9 Å². The summed E-state index contributed by atoms with van der Waals surface area (Å²) in [6.07, 6.45) is 5.37. The largest absolute Gasteiger partial charge is 0.397 e. The standard InChI is InChI=1S/C14H15N5/c1-19(9-10-2-4-16-5-3-10)14-7-13-11(6-12(14)15)8-17-18-13/h2-8H,9,15H2,1H3,(H,17,18). The summed E-state index contributed by atoms with van der Waals surface area (Å²) in [7, 11) is 2.02. The molecular formula is C14H15N5. The SMILES string of the molecule is CN(Cc1ccncc1)c1cc2[nH]ncc2cc1N. The van der Waals surface area contributed by atoms with E-state index in [2.05, 4.69) is 20.1 Å². The molecule has 5 heteroatoms. The first kappa shape index (κ1) is 11.5. The smallest absolute Gasteiger partial charge is 0.0672 e. The average molecular weight is 253 g/mol. The first-order valence-corrected chi connectivity index (χ1v) is 6.06. The van der Waals surface area contributed by atoms with Gasteiger partial charge in [-0.15, -0.1) is 0 Å². The predicted molar refractivity (Wildman–Crippen MR) is 76.9 cm³/mol. The molecule has 0 spiro atoms. The van der Waals surface area contributed by atoms with Crippen molar-refractivity contribution in [2.75, 3.05) is 17.7 Å². The van der Waals surface area contributed by atoms with Crippen LogP contribution in [0.2, 0.25) is 0 Å². The molecule has 3 rings (SSSR count). The molecule has 0 unspecified atom stereocenters. The first-order valence-electron chi connectivity index (χ1n) is 6.06. The van der Waals surface area contributed by atoms with E-state index < -0.39 is 0 Å². The van der Waals surface area contributed by atoms with Crippen LogP contribution in [-0.2, 0) is 6.54 Å². The maximum absolute atomic E-state index is 6.10. The van der Waals surface area contributed by atoms with Gasteiger partial charge in [0.25, 0.3) is 0 Å². The number of hydrogen-bond acceptors (Lipinski definition) is 4. The molecule has 0 aliphatic carbocycles. The molecule has 0 radical (unpaired) electrons. The highest BCUT2D eigenvalue weighted by molar-refractivity contribution is 5.88. The van der Waals surface area contributed by atoms with Crippen LogP contribution >= 0.6 is 0 Å². The number of anilines is 2. The molecule has 0 bridgehead atoms. The molecule has 5 nitrogen and oxygen atoms in total. The highest BCUT2D eigenvalue weighted by atomic mass is 15.1. The number of rotatable bonds is 3. The van der Waals surface area contributed by atoms with E-state index >= 15 is 0 Å². The molecule has 0 fully saturated rings. The van der Waals surface area contributed by atoms with Crippen molar-refractivity contribution in [3.63, 3.8) is 0 Å². The van der Waals surface area contributed by atoms with Crippen molar-refractivity contribution in [1.29, 1.82) is 0 Å². The number of aromatic amines is 1. The van der Waals surface area contributed by atoms with Crippen molar-refractivity contribution < 1.29 is 0 Å². The third-order valence-corrected chi connectivity index (χ3v) is 3.17. The fraction of sp³-hybridized carbons (Fsp3) is 0.143. The van der Waals surface area contributed by atoms with Crippen LogP contribution in [-0.4, -0.2) is 22.2 Å². The third kappa shape index (κ3) is 2.22. The van der Waals surface area contributed by atoms with Crippen molar-refractivity contribution in [1.82, 2.24) is 15.2 Å². The summed E-state index contributed by atoms with van der Waals surface area (Å²) in [5.74, 6) is 0. The lowest BCUT2D eigenvalue weighted by Gasteiger charge is -2.21. The van der Waals surface area contributed by atoms with Crippen LogP contribution in [0.25, 0.3) is 10.9 Å². The van der Waals surface area contributed by atoms with Crippen molar-refractivity contribution in [3.8, 4) is 0 Å². The van der Waals surface area contributed by atoms with Crippen LogP contribution < -0.4 is 10.6 Å². The Hall–Kier alpha value is -2.56. The Kier molecular flexibility index (Phi) is 2.79. The van der Waals surface area contributed by atoms with Gasteiger partial charge in [0.15, 0.2) is 0 Å². The van der Waals surface area contributed by atoms with Gasteiger partial charge in [-0.1, -0.05) is 0 Å². The van der Waals surface area contributed by atoms with E-state index in [0.29, 0.717) is 0 Å². The molecule has 2 heterocycles. The number of nitrogens with two attached hydrogens (primary N) is 1. The quantitative estimate of drug-likeness (QED) is 0.702. The van der Waals surface area contributed by atoms with Gasteiger partial charge in [-0.25, -0.2) is 0 Å². The highest BCUT2D eigenvalue weighted by Crippen LogP contribution is 2.28. The van der Waals surface area contributed by atoms with E-state index in [1.54, 1.807) is 18.6 Å². The van der Waals surface area contributed by atoms with Crippen LogP contribution in [0, 0.1) is 0 Å². The summed E-state index contributed by atoms with van der Waals surface area (Å²) in [5, 5.41) is 8.01. The lowest BCUT2D eigenvalue weighted by Crippen LogP contribution is -2.17. The van der Waals surface area contributed by atoms with Crippen LogP contribution in [0.4, 0.5) is 11.4 Å². The third-order valence-electron chi connectivity index (χ3n) is 3.17. The van der Waals surface area contributed by atoms with Crippen molar-refractivity contribution in [2.45, 2.75) is 6.54 Å². The number of nitrogen functional groups attached to an aromatic ring is 1. The topological polar surface area (TPSA) is 70.8 Å². The Morgan fingerprint density at radius 1 is 1.26 bits per heavy atom. The van der Waals surface area contributed by atoms with Crippen LogP contribution in [0.3, 0.4) is 0 Å². The Morgan fingerprint density at radius 2 is 2.05 bits per heavy atom. The molecule has 0 saturated carbocycles. The van der Waals surface area contributed by atoms with Gasteiger partial charge in [-0.05, 0) is 29.8 Å². The van der Waals surface area contributed by atoms with Gasteiger partial charge in [0.2, 0.25) is 0 Å². The zero-order valence-electron chi connectivity index (χ0n) is 10.7. The number of nitrogens with zero attached hydrogens (tertiary/aromatic N) is 3. The summed E-state index contributed by atoms with van der Waals surface area (Å²) in [6.45, 7) is 0.784. The molecule has 2 aromatic heterocycles. The minimum absolute atomic E-state index is 0.755. The van der Waals surface area contributed by atoms with Crippen molar-refractivity contribution in [3.05, 3.63) is 48.4 Å². The van der Waals surface area contributed by atoms with Gasteiger partial charge in [-0.3, -0.25) is 10.1 Å². The summed E-state index contributed by atoms with van der Waals surface area (Å²) in [4.78, 5) is 6.14. The van der Waals surface area contributed by atoms with Gasteiger partial charge in [0, 0.05) is 31.4 Å². The lowest BCUT2D eigenvalue weighted by atomic mass is 10.1. The Balaban J connectivity index is 1.92. The zero-order valence-corrected chi connectivity index (χ0v) is 10.7. The molecule has 0 saturated heterocycles. The lowest BCUT2D eigenvalue weighted by molar-refractivity contribution is 0.922. The van der Waals surface area contributed by atoms with E-state index in [4.69, 9.17) is 5.73 Å². The number of benzene rings is 1. The molecule has 0 atom stereocenters. The number of hydrogen-bond donors (Lipinski definition) is 2. The van der Waals surface area contributed by atoms with E-state index in [9.17, 15) is 0 Å². The molecule has 0 aliphatic heterocycles. The van der Waals surface area contributed by atoms with Crippen molar-refractivity contribution >= 4 is 22.3 Å². The minimum atomic E-state index is 0.755. The van der Waals surface area contributed by atoms with Gasteiger partial charge in [0.1, 0.15) is 0 Å². The van der Waals surface area contributed by atoms with Gasteiger partial charge >= 0.3 is 0 Å². The maximum atomic E-state index is 6.10. The zero-order chi connectivity index (χ0) is 13.2. The molecule has 1 aromatic carbocycles. The molecule has 3 aromatic rings. The minimum Gasteiger partial charge on any atom is -0.397 e. The van der Waals surface area contributed by atoms with Crippen LogP contribution in [0.5, 0.6) is 0 Å². The monoisotopic (exact) mass is 253 g/mol. The number of nitrogens with one attached hydrogen (secondary N) is 1. The molecule has 96 valence electrons. The molecule has 3 N–H and O–H groups in total. The average Bonchev–Trinajstić information content (AvgIpc) is 2.86. The molecule has 19 heavy (non-hydrogen) atoms. The number of pyridine rings is 1. The van der Waals surface area contributed by atoms with E-state index in [0.717, 1.165) is 28.8 Å². The number of aromatic nitrogens is 3.